The van der Waals surface area contributed by atoms with Crippen LogP contribution < -0.4 is 5.73 Å². The predicted octanol–water partition coefficient (Wildman–Crippen LogP) is 3.65. The summed E-state index contributed by atoms with van der Waals surface area (Å²) >= 11 is 3.95. The molecule has 0 aliphatic carbocycles. The third-order valence-electron chi connectivity index (χ3n) is 3.61. The molecule has 1 aliphatic heterocycles. The predicted molar refractivity (Wildman–Crippen MR) is 86.9 cm³/mol. The lowest BCUT2D eigenvalue weighted by molar-refractivity contribution is 0.522. The van der Waals surface area contributed by atoms with Crippen LogP contribution in [-0.2, 0) is 6.54 Å². The van der Waals surface area contributed by atoms with Crippen molar-refractivity contribution in [1.29, 1.82) is 0 Å². The van der Waals surface area contributed by atoms with E-state index in [1.165, 1.54) is 18.6 Å². The van der Waals surface area contributed by atoms with Crippen LogP contribution in [0.15, 0.2) is 12.1 Å². The number of rotatable bonds is 2. The summed E-state index contributed by atoms with van der Waals surface area (Å²) in [6.07, 6.45) is 2.41. The zero-order valence-electron chi connectivity index (χ0n) is 10.6. The topological polar surface area (TPSA) is 43.8 Å². The first-order chi connectivity index (χ1) is 8.98. The molecule has 19 heavy (non-hydrogen) atoms. The van der Waals surface area contributed by atoms with E-state index in [2.05, 4.69) is 11.9 Å². The molecule has 2 aromatic rings. The standard InChI is InChI=1S/C13H15FIN3S/c1-13(3-2-4-19-13)7-18-11-5-8(14)9(15)6-10(11)17-12(18)16/h5-6H,2-4,7H2,1H3,(H2,16,17). The molecule has 1 aromatic heterocycles. The van der Waals surface area contributed by atoms with Gasteiger partial charge in [0.25, 0.3) is 0 Å². The lowest BCUT2D eigenvalue weighted by atomic mass is 10.1. The number of anilines is 1. The fourth-order valence-corrected chi connectivity index (χ4v) is 4.34. The van der Waals surface area contributed by atoms with Gasteiger partial charge in [0.15, 0.2) is 0 Å². The zero-order valence-corrected chi connectivity index (χ0v) is 13.6. The number of benzene rings is 1. The van der Waals surface area contributed by atoms with E-state index < -0.39 is 0 Å². The largest absolute Gasteiger partial charge is 0.369 e. The summed E-state index contributed by atoms with van der Waals surface area (Å²) in [6.45, 7) is 3.04. The minimum Gasteiger partial charge on any atom is -0.369 e. The molecule has 1 aliphatic rings. The van der Waals surface area contributed by atoms with Crippen LogP contribution in [-0.4, -0.2) is 20.1 Å². The molecule has 1 saturated heterocycles. The Kier molecular flexibility index (Phi) is 3.41. The lowest BCUT2D eigenvalue weighted by Crippen LogP contribution is -2.24. The number of hydrogen-bond acceptors (Lipinski definition) is 3. The first-order valence-corrected chi connectivity index (χ1v) is 8.30. The summed E-state index contributed by atoms with van der Waals surface area (Å²) in [7, 11) is 0. The second-order valence-electron chi connectivity index (χ2n) is 5.21. The van der Waals surface area contributed by atoms with Crippen molar-refractivity contribution in [3.8, 4) is 0 Å². The van der Waals surface area contributed by atoms with Crippen LogP contribution in [0.1, 0.15) is 19.8 Å². The lowest BCUT2D eigenvalue weighted by Gasteiger charge is -2.24. The van der Waals surface area contributed by atoms with Gasteiger partial charge < -0.3 is 10.3 Å². The first kappa shape index (κ1) is 13.5. The van der Waals surface area contributed by atoms with Gasteiger partial charge in [0.1, 0.15) is 5.82 Å². The molecule has 102 valence electrons. The monoisotopic (exact) mass is 391 g/mol. The second-order valence-corrected chi connectivity index (χ2v) is 8.06. The van der Waals surface area contributed by atoms with Crippen LogP contribution in [0.5, 0.6) is 0 Å². The molecule has 1 unspecified atom stereocenters. The molecule has 2 N–H and O–H groups in total. The Balaban J connectivity index is 2.07. The van der Waals surface area contributed by atoms with Crippen molar-refractivity contribution >= 4 is 51.3 Å². The van der Waals surface area contributed by atoms with Gasteiger partial charge in [-0.2, -0.15) is 11.8 Å². The van der Waals surface area contributed by atoms with Gasteiger partial charge in [0, 0.05) is 17.4 Å². The molecule has 3 rings (SSSR count). The molecule has 0 saturated carbocycles. The van der Waals surface area contributed by atoms with Gasteiger partial charge in [0.05, 0.1) is 14.6 Å². The summed E-state index contributed by atoms with van der Waals surface area (Å²) in [6, 6.07) is 3.30. The highest BCUT2D eigenvalue weighted by Crippen LogP contribution is 2.40. The number of fused-ring (bicyclic) bond motifs is 1. The van der Waals surface area contributed by atoms with E-state index in [0.29, 0.717) is 9.52 Å². The maximum absolute atomic E-state index is 13.8. The van der Waals surface area contributed by atoms with E-state index >= 15 is 0 Å². The van der Waals surface area contributed by atoms with Gasteiger partial charge in [-0.3, -0.25) is 0 Å². The minimum atomic E-state index is -0.210. The number of thioether (sulfide) groups is 1. The SMILES string of the molecule is CC1(Cn2c(N)nc3cc(I)c(F)cc32)CCCS1. The molecular formula is C13H15FIN3S. The number of imidazole rings is 1. The smallest absolute Gasteiger partial charge is 0.201 e. The van der Waals surface area contributed by atoms with E-state index in [9.17, 15) is 4.39 Å². The van der Waals surface area contributed by atoms with Crippen molar-refractivity contribution in [1.82, 2.24) is 9.55 Å². The normalized spacial score (nSPS) is 23.3. The fourth-order valence-electron chi connectivity index (χ4n) is 2.60. The van der Waals surface area contributed by atoms with Gasteiger partial charge in [0.2, 0.25) is 5.95 Å². The summed E-state index contributed by atoms with van der Waals surface area (Å²) < 4.78 is 16.5. The van der Waals surface area contributed by atoms with Crippen LogP contribution in [0, 0.1) is 9.39 Å². The summed E-state index contributed by atoms with van der Waals surface area (Å²) in [5, 5.41) is 0. The number of halogens is 2. The Bertz CT molecular complexity index is 634. The summed E-state index contributed by atoms with van der Waals surface area (Å²) in [4.78, 5) is 4.35. The number of hydrogen-bond donors (Lipinski definition) is 1. The van der Waals surface area contributed by atoms with E-state index in [0.717, 1.165) is 17.6 Å². The van der Waals surface area contributed by atoms with Crippen LogP contribution >= 0.6 is 34.4 Å². The number of nitrogen functional groups attached to an aromatic ring is 1. The van der Waals surface area contributed by atoms with E-state index in [1.807, 2.05) is 38.9 Å². The van der Waals surface area contributed by atoms with Gasteiger partial charge in [-0.25, -0.2) is 9.37 Å². The van der Waals surface area contributed by atoms with Crippen LogP contribution in [0.3, 0.4) is 0 Å². The molecule has 2 heterocycles. The third-order valence-corrected chi connectivity index (χ3v) is 5.96. The quantitative estimate of drug-likeness (QED) is 0.795. The van der Waals surface area contributed by atoms with Crippen molar-refractivity contribution in [2.75, 3.05) is 11.5 Å². The van der Waals surface area contributed by atoms with Crippen molar-refractivity contribution in [2.24, 2.45) is 0 Å². The molecule has 0 radical (unpaired) electrons. The van der Waals surface area contributed by atoms with Gasteiger partial charge in [-0.15, -0.1) is 0 Å². The number of nitrogens with zero attached hydrogens (tertiary/aromatic N) is 2. The Morgan fingerprint density at radius 2 is 2.37 bits per heavy atom. The molecule has 0 amide bonds. The Labute approximate surface area is 129 Å². The van der Waals surface area contributed by atoms with Gasteiger partial charge in [-0.05, 0) is 54.2 Å². The van der Waals surface area contributed by atoms with Crippen molar-refractivity contribution in [3.63, 3.8) is 0 Å². The second kappa shape index (κ2) is 4.80. The minimum absolute atomic E-state index is 0.182. The van der Waals surface area contributed by atoms with Crippen LogP contribution in [0.25, 0.3) is 11.0 Å². The molecule has 6 heteroatoms. The highest BCUT2D eigenvalue weighted by molar-refractivity contribution is 14.1. The molecule has 1 aromatic carbocycles. The Morgan fingerprint density at radius 3 is 3.05 bits per heavy atom. The van der Waals surface area contributed by atoms with Gasteiger partial charge >= 0.3 is 0 Å². The highest BCUT2D eigenvalue weighted by Gasteiger charge is 2.31. The number of aromatic nitrogens is 2. The molecule has 0 bridgehead atoms. The summed E-state index contributed by atoms with van der Waals surface area (Å²) in [5.74, 6) is 1.46. The maximum Gasteiger partial charge on any atom is 0.201 e. The fraction of sp³-hybridized carbons (Fsp3) is 0.462. The zero-order chi connectivity index (χ0) is 13.6. The van der Waals surface area contributed by atoms with Crippen molar-refractivity contribution < 1.29 is 4.39 Å². The third kappa shape index (κ3) is 2.44. The van der Waals surface area contributed by atoms with Crippen molar-refractivity contribution in [3.05, 3.63) is 21.5 Å². The average Bonchev–Trinajstić information content (AvgIpc) is 2.88. The van der Waals surface area contributed by atoms with E-state index in [1.54, 1.807) is 12.1 Å². The maximum atomic E-state index is 13.8. The molecular weight excluding hydrogens is 376 g/mol. The summed E-state index contributed by atoms with van der Waals surface area (Å²) in [5.41, 5.74) is 7.58. The number of nitrogens with two attached hydrogens (primary N) is 1. The highest BCUT2D eigenvalue weighted by atomic mass is 127. The Hall–Kier alpha value is -0.500. The van der Waals surface area contributed by atoms with Crippen LogP contribution in [0.4, 0.5) is 10.3 Å². The van der Waals surface area contributed by atoms with Crippen LogP contribution in [0.2, 0.25) is 0 Å². The van der Waals surface area contributed by atoms with Crippen molar-refractivity contribution in [2.45, 2.75) is 31.1 Å². The average molecular weight is 391 g/mol. The molecule has 3 nitrogen and oxygen atoms in total. The van der Waals surface area contributed by atoms with Gasteiger partial charge in [-0.1, -0.05) is 0 Å². The first-order valence-electron chi connectivity index (χ1n) is 6.23. The Morgan fingerprint density at radius 1 is 1.58 bits per heavy atom. The van der Waals surface area contributed by atoms with E-state index in [-0.39, 0.29) is 10.6 Å². The molecule has 1 atom stereocenters. The molecule has 0 spiro atoms. The van der Waals surface area contributed by atoms with E-state index in [4.69, 9.17) is 5.73 Å². The molecule has 1 fully saturated rings.